The van der Waals surface area contributed by atoms with Crippen molar-refractivity contribution in [1.82, 2.24) is 9.78 Å². The number of hydrogen-bond acceptors (Lipinski definition) is 2. The zero-order valence-electron chi connectivity index (χ0n) is 10.5. The molecule has 1 fully saturated rings. The van der Waals surface area contributed by atoms with Gasteiger partial charge in [-0.1, -0.05) is 13.3 Å². The molecule has 0 bridgehead atoms. The standard InChI is InChI=1S/C13H20N2O2/c1-3-9-4-5-10(13(16)17)11(8-9)12-6-7-15(2)14-12/h6-7,9-11H,3-5,8H2,1-2H3,(H,16,17). The Balaban J connectivity index is 2.21. The summed E-state index contributed by atoms with van der Waals surface area (Å²) in [6, 6.07) is 1.96. The number of aromatic nitrogens is 2. The van der Waals surface area contributed by atoms with E-state index in [0.717, 1.165) is 31.4 Å². The van der Waals surface area contributed by atoms with E-state index in [1.807, 2.05) is 19.3 Å². The van der Waals surface area contributed by atoms with Crippen molar-refractivity contribution in [3.05, 3.63) is 18.0 Å². The molecular formula is C13H20N2O2. The summed E-state index contributed by atoms with van der Waals surface area (Å²) in [7, 11) is 1.87. The molecule has 1 aliphatic carbocycles. The average Bonchev–Trinajstić information content (AvgIpc) is 2.75. The first-order valence-electron chi connectivity index (χ1n) is 6.34. The lowest BCUT2D eigenvalue weighted by atomic mass is 9.72. The summed E-state index contributed by atoms with van der Waals surface area (Å²) in [5, 5.41) is 13.7. The quantitative estimate of drug-likeness (QED) is 0.876. The van der Waals surface area contributed by atoms with Crippen molar-refractivity contribution < 1.29 is 9.90 Å². The van der Waals surface area contributed by atoms with Crippen molar-refractivity contribution in [2.75, 3.05) is 0 Å². The average molecular weight is 236 g/mol. The number of rotatable bonds is 3. The highest BCUT2D eigenvalue weighted by atomic mass is 16.4. The number of aliphatic carboxylic acids is 1. The first kappa shape index (κ1) is 12.1. The van der Waals surface area contributed by atoms with Crippen molar-refractivity contribution in [2.24, 2.45) is 18.9 Å². The molecule has 0 aliphatic heterocycles. The predicted octanol–water partition coefficient (Wildman–Crippen LogP) is 2.41. The molecule has 17 heavy (non-hydrogen) atoms. The van der Waals surface area contributed by atoms with E-state index in [1.165, 1.54) is 0 Å². The maximum atomic E-state index is 11.3. The van der Waals surface area contributed by atoms with Gasteiger partial charge in [-0.3, -0.25) is 9.48 Å². The Kier molecular flexibility index (Phi) is 3.50. The lowest BCUT2D eigenvalue weighted by Gasteiger charge is -2.32. The molecule has 4 nitrogen and oxygen atoms in total. The van der Waals surface area contributed by atoms with Crippen LogP contribution in [0.25, 0.3) is 0 Å². The second kappa shape index (κ2) is 4.90. The maximum absolute atomic E-state index is 11.3. The first-order valence-corrected chi connectivity index (χ1v) is 6.34. The highest BCUT2D eigenvalue weighted by Crippen LogP contribution is 2.41. The SMILES string of the molecule is CCC1CCC(C(=O)O)C(c2ccn(C)n2)C1. The molecule has 1 N–H and O–H groups in total. The molecule has 0 amide bonds. The van der Waals surface area contributed by atoms with Crippen LogP contribution in [0, 0.1) is 11.8 Å². The highest BCUT2D eigenvalue weighted by molar-refractivity contribution is 5.71. The van der Waals surface area contributed by atoms with Gasteiger partial charge in [-0.25, -0.2) is 0 Å². The smallest absolute Gasteiger partial charge is 0.307 e. The van der Waals surface area contributed by atoms with Gasteiger partial charge in [-0.15, -0.1) is 0 Å². The van der Waals surface area contributed by atoms with Crippen LogP contribution in [0.1, 0.15) is 44.2 Å². The summed E-state index contributed by atoms with van der Waals surface area (Å²) in [4.78, 5) is 11.3. The summed E-state index contributed by atoms with van der Waals surface area (Å²) < 4.78 is 1.75. The van der Waals surface area contributed by atoms with Gasteiger partial charge in [0, 0.05) is 19.2 Å². The second-order valence-electron chi connectivity index (χ2n) is 5.05. The number of nitrogens with zero attached hydrogens (tertiary/aromatic N) is 2. The molecule has 2 rings (SSSR count). The Morgan fingerprint density at radius 3 is 2.88 bits per heavy atom. The largest absolute Gasteiger partial charge is 0.481 e. The fraction of sp³-hybridized carbons (Fsp3) is 0.692. The highest BCUT2D eigenvalue weighted by Gasteiger charge is 2.36. The summed E-state index contributed by atoms with van der Waals surface area (Å²) >= 11 is 0. The summed E-state index contributed by atoms with van der Waals surface area (Å²) in [6.45, 7) is 2.18. The number of aryl methyl sites for hydroxylation is 1. The molecule has 1 heterocycles. The number of carbonyl (C=O) groups is 1. The van der Waals surface area contributed by atoms with E-state index < -0.39 is 5.97 Å². The molecule has 1 aromatic rings. The van der Waals surface area contributed by atoms with Crippen LogP contribution in [0.5, 0.6) is 0 Å². The molecule has 94 valence electrons. The van der Waals surface area contributed by atoms with Crippen LogP contribution in [0.4, 0.5) is 0 Å². The van der Waals surface area contributed by atoms with Gasteiger partial charge in [-0.2, -0.15) is 5.10 Å². The molecule has 0 aromatic carbocycles. The van der Waals surface area contributed by atoms with Gasteiger partial charge in [-0.05, 0) is 31.2 Å². The van der Waals surface area contributed by atoms with Crippen molar-refractivity contribution in [2.45, 2.75) is 38.5 Å². The van der Waals surface area contributed by atoms with Crippen LogP contribution in [-0.2, 0) is 11.8 Å². The lowest BCUT2D eigenvalue weighted by Crippen LogP contribution is -2.29. The summed E-state index contributed by atoms with van der Waals surface area (Å²) in [6.07, 6.45) is 5.82. The molecule has 0 radical (unpaired) electrons. The first-order chi connectivity index (χ1) is 8.11. The van der Waals surface area contributed by atoms with Crippen LogP contribution in [0.15, 0.2) is 12.3 Å². The third kappa shape index (κ3) is 2.51. The molecule has 3 unspecified atom stereocenters. The number of hydrogen-bond donors (Lipinski definition) is 1. The van der Waals surface area contributed by atoms with Crippen LogP contribution in [-0.4, -0.2) is 20.9 Å². The van der Waals surface area contributed by atoms with Gasteiger partial charge in [0.2, 0.25) is 0 Å². The van der Waals surface area contributed by atoms with Gasteiger partial charge in [0.05, 0.1) is 11.6 Å². The van der Waals surface area contributed by atoms with Crippen molar-refractivity contribution in [1.29, 1.82) is 0 Å². The van der Waals surface area contributed by atoms with E-state index in [4.69, 9.17) is 0 Å². The third-order valence-corrected chi connectivity index (χ3v) is 3.97. The third-order valence-electron chi connectivity index (χ3n) is 3.97. The van der Waals surface area contributed by atoms with Gasteiger partial charge in [0.15, 0.2) is 0 Å². The fourth-order valence-corrected chi connectivity index (χ4v) is 2.88. The predicted molar refractivity (Wildman–Crippen MR) is 64.7 cm³/mol. The van der Waals surface area contributed by atoms with Crippen molar-refractivity contribution in [3.8, 4) is 0 Å². The van der Waals surface area contributed by atoms with Crippen LogP contribution in [0.3, 0.4) is 0 Å². The zero-order valence-corrected chi connectivity index (χ0v) is 10.5. The molecule has 1 saturated carbocycles. The maximum Gasteiger partial charge on any atom is 0.307 e. The second-order valence-corrected chi connectivity index (χ2v) is 5.05. The Hall–Kier alpha value is -1.32. The van der Waals surface area contributed by atoms with Crippen molar-refractivity contribution in [3.63, 3.8) is 0 Å². The normalized spacial score (nSPS) is 29.2. The van der Waals surface area contributed by atoms with Crippen LogP contribution < -0.4 is 0 Å². The Labute approximate surface area is 102 Å². The minimum absolute atomic E-state index is 0.0902. The Morgan fingerprint density at radius 2 is 2.35 bits per heavy atom. The van der Waals surface area contributed by atoms with Crippen molar-refractivity contribution >= 4 is 5.97 Å². The fourth-order valence-electron chi connectivity index (χ4n) is 2.88. The topological polar surface area (TPSA) is 55.1 Å². The van der Waals surface area contributed by atoms with Gasteiger partial charge in [0.25, 0.3) is 0 Å². The molecule has 1 aliphatic rings. The number of carboxylic acid groups (broad SMARTS) is 1. The lowest BCUT2D eigenvalue weighted by molar-refractivity contribution is -0.144. The van der Waals surface area contributed by atoms with E-state index >= 15 is 0 Å². The molecule has 4 heteroatoms. The molecule has 3 atom stereocenters. The van der Waals surface area contributed by atoms with E-state index in [1.54, 1.807) is 4.68 Å². The molecule has 1 aromatic heterocycles. The van der Waals surface area contributed by atoms with E-state index in [2.05, 4.69) is 12.0 Å². The van der Waals surface area contributed by atoms with E-state index in [-0.39, 0.29) is 11.8 Å². The molecule has 0 saturated heterocycles. The van der Waals surface area contributed by atoms with Gasteiger partial charge >= 0.3 is 5.97 Å². The van der Waals surface area contributed by atoms with Crippen LogP contribution >= 0.6 is 0 Å². The Morgan fingerprint density at radius 1 is 1.59 bits per heavy atom. The van der Waals surface area contributed by atoms with E-state index in [0.29, 0.717) is 5.92 Å². The zero-order chi connectivity index (χ0) is 12.4. The minimum Gasteiger partial charge on any atom is -0.481 e. The van der Waals surface area contributed by atoms with Gasteiger partial charge in [0.1, 0.15) is 0 Å². The van der Waals surface area contributed by atoms with Crippen LogP contribution in [0.2, 0.25) is 0 Å². The summed E-state index contributed by atoms with van der Waals surface area (Å²) in [5.41, 5.74) is 0.943. The molecular weight excluding hydrogens is 216 g/mol. The number of carboxylic acids is 1. The Bertz CT molecular complexity index is 400. The van der Waals surface area contributed by atoms with E-state index in [9.17, 15) is 9.90 Å². The monoisotopic (exact) mass is 236 g/mol. The summed E-state index contributed by atoms with van der Waals surface area (Å²) in [5.74, 6) is -0.187. The minimum atomic E-state index is -0.671. The molecule has 0 spiro atoms. The van der Waals surface area contributed by atoms with Gasteiger partial charge < -0.3 is 5.11 Å².